The first-order chi connectivity index (χ1) is 9.33. The molecule has 2 rings (SSSR count). The highest BCUT2D eigenvalue weighted by Gasteiger charge is 2.20. The van der Waals surface area contributed by atoms with E-state index in [2.05, 4.69) is 10.6 Å². The van der Waals surface area contributed by atoms with Crippen LogP contribution in [0.1, 0.15) is 40.0 Å². The average molecular weight is 280 g/mol. The molecule has 1 aromatic carbocycles. The summed E-state index contributed by atoms with van der Waals surface area (Å²) in [6, 6.07) is 4.61. The molecule has 1 aliphatic rings. The van der Waals surface area contributed by atoms with Crippen LogP contribution in [0.15, 0.2) is 18.2 Å². The monoisotopic (exact) mass is 280 g/mol. The molecule has 110 valence electrons. The maximum Gasteiger partial charge on any atom is 0.412 e. The van der Waals surface area contributed by atoms with Crippen LogP contribution in [0.25, 0.3) is 0 Å². The van der Waals surface area contributed by atoms with Gasteiger partial charge in [-0.3, -0.25) is 5.32 Å². The number of anilines is 2. The minimum Gasteiger partial charge on any atom is -0.444 e. The molecule has 2 N–H and O–H groups in total. The summed E-state index contributed by atoms with van der Waals surface area (Å²) in [7, 11) is 0. The normalized spacial score (nSPS) is 15.4. The van der Waals surface area contributed by atoms with Crippen molar-refractivity contribution in [3.05, 3.63) is 24.0 Å². The van der Waals surface area contributed by atoms with E-state index in [-0.39, 0.29) is 5.82 Å². The molecule has 0 saturated heterocycles. The van der Waals surface area contributed by atoms with Crippen LogP contribution < -0.4 is 10.6 Å². The van der Waals surface area contributed by atoms with Crippen molar-refractivity contribution in [3.63, 3.8) is 0 Å². The Morgan fingerprint density at radius 3 is 2.55 bits per heavy atom. The first-order valence-corrected chi connectivity index (χ1v) is 6.89. The van der Waals surface area contributed by atoms with E-state index in [9.17, 15) is 9.18 Å². The van der Waals surface area contributed by atoms with Crippen molar-refractivity contribution in [2.24, 2.45) is 0 Å². The van der Waals surface area contributed by atoms with Crippen LogP contribution in [0.3, 0.4) is 0 Å². The van der Waals surface area contributed by atoms with Crippen molar-refractivity contribution >= 4 is 17.5 Å². The van der Waals surface area contributed by atoms with E-state index in [1.165, 1.54) is 18.6 Å². The SMILES string of the molecule is CC(C)(C)OC(=O)Nc1ccc(F)cc1NC1CCC1. The summed E-state index contributed by atoms with van der Waals surface area (Å²) in [4.78, 5) is 11.8. The van der Waals surface area contributed by atoms with Gasteiger partial charge in [-0.25, -0.2) is 9.18 Å². The van der Waals surface area contributed by atoms with Gasteiger partial charge in [0.05, 0.1) is 11.4 Å². The summed E-state index contributed by atoms with van der Waals surface area (Å²) in [5.41, 5.74) is 0.569. The van der Waals surface area contributed by atoms with Gasteiger partial charge in [-0.15, -0.1) is 0 Å². The fraction of sp³-hybridized carbons (Fsp3) is 0.533. The Balaban J connectivity index is 2.07. The molecule has 20 heavy (non-hydrogen) atoms. The summed E-state index contributed by atoms with van der Waals surface area (Å²) in [5.74, 6) is -0.332. The predicted molar refractivity (Wildman–Crippen MR) is 77.5 cm³/mol. The lowest BCUT2D eigenvalue weighted by Gasteiger charge is -2.28. The summed E-state index contributed by atoms with van der Waals surface area (Å²) in [6.45, 7) is 5.39. The Morgan fingerprint density at radius 2 is 2.00 bits per heavy atom. The molecular formula is C15H21FN2O2. The molecule has 1 saturated carbocycles. The fourth-order valence-electron chi connectivity index (χ4n) is 1.93. The highest BCUT2D eigenvalue weighted by atomic mass is 19.1. The third kappa shape index (κ3) is 4.11. The number of ether oxygens (including phenoxy) is 1. The lowest BCUT2D eigenvalue weighted by atomic mass is 9.93. The second-order valence-electron chi connectivity index (χ2n) is 6.09. The van der Waals surface area contributed by atoms with E-state index in [0.29, 0.717) is 17.4 Å². The van der Waals surface area contributed by atoms with Gasteiger partial charge in [0.15, 0.2) is 0 Å². The van der Waals surface area contributed by atoms with Gasteiger partial charge >= 0.3 is 6.09 Å². The molecule has 0 bridgehead atoms. The Labute approximate surface area is 118 Å². The average Bonchev–Trinajstić information content (AvgIpc) is 2.24. The lowest BCUT2D eigenvalue weighted by molar-refractivity contribution is 0.0636. The minimum absolute atomic E-state index is 0.332. The van der Waals surface area contributed by atoms with E-state index in [0.717, 1.165) is 12.8 Å². The van der Waals surface area contributed by atoms with Crippen LogP contribution in [0.2, 0.25) is 0 Å². The zero-order valence-electron chi connectivity index (χ0n) is 12.1. The third-order valence-corrected chi connectivity index (χ3v) is 3.08. The van der Waals surface area contributed by atoms with Crippen molar-refractivity contribution in [1.82, 2.24) is 0 Å². The number of carbonyl (C=O) groups is 1. The molecule has 5 heteroatoms. The van der Waals surface area contributed by atoms with E-state index in [1.807, 2.05) is 0 Å². The standard InChI is InChI=1S/C15H21FN2O2/c1-15(2,3)20-14(19)18-12-8-7-10(16)9-13(12)17-11-5-4-6-11/h7-9,11,17H,4-6H2,1-3H3,(H,18,19). The van der Waals surface area contributed by atoms with Crippen LogP contribution in [-0.4, -0.2) is 17.7 Å². The van der Waals surface area contributed by atoms with Crippen LogP contribution in [-0.2, 0) is 4.74 Å². The molecule has 1 fully saturated rings. The molecule has 4 nitrogen and oxygen atoms in total. The highest BCUT2D eigenvalue weighted by molar-refractivity contribution is 5.89. The third-order valence-electron chi connectivity index (χ3n) is 3.08. The summed E-state index contributed by atoms with van der Waals surface area (Å²) < 4.78 is 18.5. The molecule has 1 aromatic rings. The largest absolute Gasteiger partial charge is 0.444 e. The number of nitrogens with one attached hydrogen (secondary N) is 2. The van der Waals surface area contributed by atoms with Crippen LogP contribution >= 0.6 is 0 Å². The van der Waals surface area contributed by atoms with Crippen LogP contribution in [0.4, 0.5) is 20.6 Å². The van der Waals surface area contributed by atoms with Gasteiger partial charge in [0.25, 0.3) is 0 Å². The number of hydrogen-bond donors (Lipinski definition) is 2. The number of carbonyl (C=O) groups excluding carboxylic acids is 1. The van der Waals surface area contributed by atoms with Crippen molar-refractivity contribution in [3.8, 4) is 0 Å². The minimum atomic E-state index is -0.564. The van der Waals surface area contributed by atoms with Crippen molar-refractivity contribution in [2.45, 2.75) is 51.7 Å². The molecule has 0 radical (unpaired) electrons. The molecule has 0 unspecified atom stereocenters. The Hall–Kier alpha value is -1.78. The smallest absolute Gasteiger partial charge is 0.412 e. The molecule has 0 aromatic heterocycles. The van der Waals surface area contributed by atoms with Crippen LogP contribution in [0, 0.1) is 5.82 Å². The van der Waals surface area contributed by atoms with Crippen molar-refractivity contribution < 1.29 is 13.9 Å². The summed E-state index contributed by atoms with van der Waals surface area (Å²) in [6.07, 6.45) is 2.79. The molecule has 0 spiro atoms. The van der Waals surface area contributed by atoms with Gasteiger partial charge in [0.1, 0.15) is 11.4 Å². The van der Waals surface area contributed by atoms with Crippen molar-refractivity contribution in [2.75, 3.05) is 10.6 Å². The molecule has 1 aliphatic carbocycles. The Morgan fingerprint density at radius 1 is 1.30 bits per heavy atom. The van der Waals surface area contributed by atoms with Gasteiger partial charge in [-0.05, 0) is 58.2 Å². The van der Waals surface area contributed by atoms with Gasteiger partial charge in [0.2, 0.25) is 0 Å². The molecule has 0 atom stereocenters. The van der Waals surface area contributed by atoms with E-state index >= 15 is 0 Å². The highest BCUT2D eigenvalue weighted by Crippen LogP contribution is 2.29. The first kappa shape index (κ1) is 14.6. The van der Waals surface area contributed by atoms with Crippen molar-refractivity contribution in [1.29, 1.82) is 0 Å². The zero-order chi connectivity index (χ0) is 14.8. The van der Waals surface area contributed by atoms with E-state index in [4.69, 9.17) is 4.74 Å². The van der Waals surface area contributed by atoms with E-state index in [1.54, 1.807) is 26.8 Å². The number of halogens is 1. The predicted octanol–water partition coefficient (Wildman–Crippen LogP) is 4.14. The second kappa shape index (κ2) is 5.69. The lowest BCUT2D eigenvalue weighted by Crippen LogP contribution is -2.29. The van der Waals surface area contributed by atoms with E-state index < -0.39 is 11.7 Å². The van der Waals surface area contributed by atoms with Gasteiger partial charge in [-0.1, -0.05) is 0 Å². The summed E-state index contributed by atoms with van der Waals surface area (Å²) >= 11 is 0. The Kier molecular flexibility index (Phi) is 4.16. The topological polar surface area (TPSA) is 50.4 Å². The number of amides is 1. The maximum atomic E-state index is 13.3. The zero-order valence-corrected chi connectivity index (χ0v) is 12.1. The molecule has 0 heterocycles. The van der Waals surface area contributed by atoms with Gasteiger partial charge in [0, 0.05) is 6.04 Å². The number of benzene rings is 1. The quantitative estimate of drug-likeness (QED) is 0.875. The molecule has 1 amide bonds. The number of hydrogen-bond acceptors (Lipinski definition) is 3. The van der Waals surface area contributed by atoms with Gasteiger partial charge in [-0.2, -0.15) is 0 Å². The maximum absolute atomic E-state index is 13.3. The van der Waals surface area contributed by atoms with Gasteiger partial charge < -0.3 is 10.1 Å². The number of rotatable bonds is 3. The van der Waals surface area contributed by atoms with Crippen LogP contribution in [0.5, 0.6) is 0 Å². The first-order valence-electron chi connectivity index (χ1n) is 6.89. The second-order valence-corrected chi connectivity index (χ2v) is 6.09. The molecular weight excluding hydrogens is 259 g/mol. The molecule has 0 aliphatic heterocycles. The summed E-state index contributed by atoms with van der Waals surface area (Å²) in [5, 5.41) is 5.90. The Bertz CT molecular complexity index is 493. The fourth-order valence-corrected chi connectivity index (χ4v) is 1.93.